The van der Waals surface area contributed by atoms with Crippen molar-refractivity contribution in [3.05, 3.63) is 12.5 Å². The third kappa shape index (κ3) is 3.36. The molecule has 0 saturated carbocycles. The van der Waals surface area contributed by atoms with Crippen molar-refractivity contribution in [1.29, 1.82) is 0 Å². The second kappa shape index (κ2) is 6.81. The molecule has 3 atom stereocenters. The van der Waals surface area contributed by atoms with Crippen LogP contribution in [0.1, 0.15) is 12.8 Å². The van der Waals surface area contributed by atoms with Gasteiger partial charge in [0, 0.05) is 46.3 Å². The number of nitrogens with zero attached hydrogens (tertiary/aromatic N) is 6. The molecule has 2 aliphatic rings. The van der Waals surface area contributed by atoms with Crippen molar-refractivity contribution in [2.45, 2.75) is 31.0 Å². The minimum atomic E-state index is -0.0260. The van der Waals surface area contributed by atoms with E-state index in [9.17, 15) is 4.79 Å². The number of aromatic nitrogens is 4. The van der Waals surface area contributed by atoms with Gasteiger partial charge in [-0.15, -0.1) is 0 Å². The van der Waals surface area contributed by atoms with E-state index in [0.717, 1.165) is 30.7 Å². The summed E-state index contributed by atoms with van der Waals surface area (Å²) in [5, 5.41) is 3.44. The van der Waals surface area contributed by atoms with Gasteiger partial charge in [-0.3, -0.25) is 9.69 Å². The molecule has 2 saturated heterocycles. The fourth-order valence-corrected chi connectivity index (χ4v) is 3.72. The monoisotopic (exact) mass is 359 g/mol. The van der Waals surface area contributed by atoms with E-state index in [2.05, 4.69) is 25.2 Å². The molecule has 2 aromatic rings. The lowest BCUT2D eigenvalue weighted by molar-refractivity contribution is -0.134. The third-order valence-corrected chi connectivity index (χ3v) is 5.18. The molecule has 1 amide bonds. The lowest BCUT2D eigenvalue weighted by Gasteiger charge is -2.35. The lowest BCUT2D eigenvalue weighted by Crippen LogP contribution is -2.47. The zero-order valence-corrected chi connectivity index (χ0v) is 15.4. The number of imidazole rings is 1. The van der Waals surface area contributed by atoms with Crippen molar-refractivity contribution in [3.8, 4) is 0 Å². The van der Waals surface area contributed by atoms with Crippen molar-refractivity contribution in [1.82, 2.24) is 29.3 Å². The predicted octanol–water partition coefficient (Wildman–Crippen LogP) is 0.0952. The summed E-state index contributed by atoms with van der Waals surface area (Å²) in [6.45, 7) is 2.38. The standard InChI is InChI=1S/C17H25N7O2/c1-22(2)15(25)5-13-8-24-7-11(4-12(24)9-26-13)20-17-18-6-14-16(21-17)23(3)10-19-14/h6,10-13H,4-5,7-9H2,1-3H3,(H,18,20,21)/t11-,12+,13+/m1/s1. The van der Waals surface area contributed by atoms with Crippen molar-refractivity contribution >= 4 is 23.0 Å². The second-order valence-electron chi connectivity index (χ2n) is 7.39. The van der Waals surface area contributed by atoms with Gasteiger partial charge in [0.05, 0.1) is 31.7 Å². The summed E-state index contributed by atoms with van der Waals surface area (Å²) < 4.78 is 7.80. The Bertz CT molecular complexity index is 806. The highest BCUT2D eigenvalue weighted by Crippen LogP contribution is 2.26. The first-order valence-corrected chi connectivity index (χ1v) is 8.96. The molecule has 2 aliphatic heterocycles. The number of anilines is 1. The molecule has 1 N–H and O–H groups in total. The summed E-state index contributed by atoms with van der Waals surface area (Å²) in [6.07, 6.45) is 4.89. The van der Waals surface area contributed by atoms with Crippen LogP contribution in [0.4, 0.5) is 5.95 Å². The first kappa shape index (κ1) is 17.2. The summed E-state index contributed by atoms with van der Waals surface area (Å²) in [6, 6.07) is 0.663. The molecule has 0 aromatic carbocycles. The van der Waals surface area contributed by atoms with E-state index in [0.29, 0.717) is 25.0 Å². The fraction of sp³-hybridized carbons (Fsp3) is 0.647. The summed E-state index contributed by atoms with van der Waals surface area (Å²) in [4.78, 5) is 29.1. The predicted molar refractivity (Wildman–Crippen MR) is 96.7 cm³/mol. The molecule has 140 valence electrons. The Morgan fingerprint density at radius 2 is 2.23 bits per heavy atom. The molecule has 0 unspecified atom stereocenters. The van der Waals surface area contributed by atoms with Crippen LogP contribution in [-0.4, -0.2) is 87.2 Å². The van der Waals surface area contributed by atoms with Crippen LogP contribution < -0.4 is 5.32 Å². The van der Waals surface area contributed by atoms with Crippen molar-refractivity contribution in [3.63, 3.8) is 0 Å². The van der Waals surface area contributed by atoms with Crippen LogP contribution in [0.5, 0.6) is 0 Å². The zero-order valence-electron chi connectivity index (χ0n) is 15.4. The molecule has 4 heterocycles. The Labute approximate surface area is 152 Å². The lowest BCUT2D eigenvalue weighted by atomic mass is 10.1. The topological polar surface area (TPSA) is 88.4 Å². The number of carbonyl (C=O) groups excluding carboxylic acids is 1. The van der Waals surface area contributed by atoms with Gasteiger partial charge in [0.15, 0.2) is 5.65 Å². The number of hydrogen-bond acceptors (Lipinski definition) is 7. The highest BCUT2D eigenvalue weighted by Gasteiger charge is 2.38. The molecule has 0 spiro atoms. The number of rotatable bonds is 4. The van der Waals surface area contributed by atoms with Gasteiger partial charge in [0.1, 0.15) is 5.52 Å². The van der Waals surface area contributed by atoms with Gasteiger partial charge < -0.3 is 19.5 Å². The third-order valence-electron chi connectivity index (χ3n) is 5.18. The summed E-state index contributed by atoms with van der Waals surface area (Å²) in [7, 11) is 5.49. The number of amides is 1. The maximum absolute atomic E-state index is 11.9. The van der Waals surface area contributed by atoms with Gasteiger partial charge in [-0.1, -0.05) is 0 Å². The summed E-state index contributed by atoms with van der Waals surface area (Å²) >= 11 is 0. The average Bonchev–Trinajstić information content (AvgIpc) is 3.17. The van der Waals surface area contributed by atoms with Crippen LogP contribution in [0.15, 0.2) is 12.5 Å². The van der Waals surface area contributed by atoms with E-state index in [-0.39, 0.29) is 18.1 Å². The van der Waals surface area contributed by atoms with Crippen LogP contribution in [-0.2, 0) is 16.6 Å². The Kier molecular flexibility index (Phi) is 4.49. The number of ether oxygens (including phenoxy) is 1. The van der Waals surface area contributed by atoms with E-state index < -0.39 is 0 Å². The van der Waals surface area contributed by atoms with Gasteiger partial charge in [0.25, 0.3) is 0 Å². The largest absolute Gasteiger partial charge is 0.375 e. The second-order valence-corrected chi connectivity index (χ2v) is 7.39. The average molecular weight is 359 g/mol. The van der Waals surface area contributed by atoms with Gasteiger partial charge in [-0.2, -0.15) is 4.98 Å². The number of morpholine rings is 1. The van der Waals surface area contributed by atoms with Crippen molar-refractivity contribution < 1.29 is 9.53 Å². The number of carbonyl (C=O) groups is 1. The SMILES string of the molecule is CN(C)C(=O)C[C@H]1CN2C[C@H](Nc3ncc4ncn(C)c4n3)C[C@H]2CO1. The van der Waals surface area contributed by atoms with Crippen molar-refractivity contribution in [2.75, 3.05) is 39.1 Å². The molecule has 0 aliphatic carbocycles. The molecule has 2 fully saturated rings. The molecule has 4 rings (SSSR count). The van der Waals surface area contributed by atoms with E-state index in [4.69, 9.17) is 4.74 Å². The maximum atomic E-state index is 11.9. The molecule has 0 bridgehead atoms. The quantitative estimate of drug-likeness (QED) is 0.828. The number of aryl methyl sites for hydroxylation is 1. The fourth-order valence-electron chi connectivity index (χ4n) is 3.72. The van der Waals surface area contributed by atoms with Crippen LogP contribution in [0.25, 0.3) is 11.2 Å². The molecule has 9 heteroatoms. The van der Waals surface area contributed by atoms with E-state index in [1.807, 2.05) is 11.6 Å². The molecule has 26 heavy (non-hydrogen) atoms. The Morgan fingerprint density at radius 3 is 3.04 bits per heavy atom. The highest BCUT2D eigenvalue weighted by molar-refractivity contribution is 5.76. The maximum Gasteiger partial charge on any atom is 0.225 e. The van der Waals surface area contributed by atoms with E-state index >= 15 is 0 Å². The van der Waals surface area contributed by atoms with Crippen LogP contribution >= 0.6 is 0 Å². The summed E-state index contributed by atoms with van der Waals surface area (Å²) in [5.41, 5.74) is 1.62. The smallest absolute Gasteiger partial charge is 0.225 e. The number of hydrogen-bond donors (Lipinski definition) is 1. The first-order valence-electron chi connectivity index (χ1n) is 8.96. The molecular formula is C17H25N7O2. The van der Waals surface area contributed by atoms with E-state index in [1.165, 1.54) is 0 Å². The Hall–Kier alpha value is -2.26. The minimum Gasteiger partial charge on any atom is -0.375 e. The number of nitrogens with one attached hydrogen (secondary N) is 1. The molecule has 2 aromatic heterocycles. The minimum absolute atomic E-state index is 0.0260. The van der Waals surface area contributed by atoms with Crippen molar-refractivity contribution in [2.24, 2.45) is 7.05 Å². The van der Waals surface area contributed by atoms with Crippen LogP contribution in [0, 0.1) is 0 Å². The molecule has 0 radical (unpaired) electrons. The van der Waals surface area contributed by atoms with Crippen LogP contribution in [0.2, 0.25) is 0 Å². The summed E-state index contributed by atoms with van der Waals surface area (Å²) in [5.74, 6) is 0.742. The Morgan fingerprint density at radius 1 is 1.38 bits per heavy atom. The molecular weight excluding hydrogens is 334 g/mol. The normalized spacial score (nSPS) is 26.0. The highest BCUT2D eigenvalue weighted by atomic mass is 16.5. The van der Waals surface area contributed by atoms with Gasteiger partial charge in [-0.05, 0) is 6.42 Å². The Balaban J connectivity index is 1.37. The number of fused-ring (bicyclic) bond motifs is 2. The van der Waals surface area contributed by atoms with Crippen LogP contribution in [0.3, 0.4) is 0 Å². The van der Waals surface area contributed by atoms with Gasteiger partial charge in [0.2, 0.25) is 11.9 Å². The van der Waals surface area contributed by atoms with Gasteiger partial charge >= 0.3 is 0 Å². The first-order chi connectivity index (χ1) is 12.5. The zero-order chi connectivity index (χ0) is 18.3. The van der Waals surface area contributed by atoms with Gasteiger partial charge in [-0.25, -0.2) is 9.97 Å². The van der Waals surface area contributed by atoms with E-state index in [1.54, 1.807) is 31.5 Å². The molecule has 9 nitrogen and oxygen atoms in total.